The molecule has 1 unspecified atom stereocenters. The van der Waals surface area contributed by atoms with Crippen molar-refractivity contribution in [1.29, 1.82) is 0 Å². The van der Waals surface area contributed by atoms with Gasteiger partial charge in [0.15, 0.2) is 0 Å². The van der Waals surface area contributed by atoms with E-state index in [0.29, 0.717) is 18.4 Å². The Labute approximate surface area is 102 Å². The Morgan fingerprint density at radius 3 is 3.00 bits per heavy atom. The molecule has 1 atom stereocenters. The molecule has 90 valence electrons. The maximum Gasteiger partial charge on any atom is 0.222 e. The van der Waals surface area contributed by atoms with Gasteiger partial charge in [-0.25, -0.2) is 0 Å². The second-order valence-electron chi connectivity index (χ2n) is 4.87. The SMILES string of the molecule is CCC(=O)N1CCN2c3ccccc3CC2C1. The highest BCUT2D eigenvalue weighted by atomic mass is 16.2. The summed E-state index contributed by atoms with van der Waals surface area (Å²) in [6.45, 7) is 4.68. The molecule has 0 saturated carbocycles. The minimum absolute atomic E-state index is 0.292. The quantitative estimate of drug-likeness (QED) is 0.732. The molecular formula is C14H18N2O. The van der Waals surface area contributed by atoms with Crippen molar-refractivity contribution >= 4 is 11.6 Å². The third-order valence-corrected chi connectivity index (χ3v) is 3.89. The Hall–Kier alpha value is -1.51. The summed E-state index contributed by atoms with van der Waals surface area (Å²) in [6.07, 6.45) is 1.71. The third-order valence-electron chi connectivity index (χ3n) is 3.89. The number of anilines is 1. The summed E-state index contributed by atoms with van der Waals surface area (Å²) >= 11 is 0. The maximum absolute atomic E-state index is 11.7. The van der Waals surface area contributed by atoms with Gasteiger partial charge in [-0.3, -0.25) is 4.79 Å². The number of amides is 1. The summed E-state index contributed by atoms with van der Waals surface area (Å²) in [5.41, 5.74) is 2.81. The number of nitrogens with zero attached hydrogens (tertiary/aromatic N) is 2. The molecule has 0 spiro atoms. The van der Waals surface area contributed by atoms with E-state index in [-0.39, 0.29) is 0 Å². The van der Waals surface area contributed by atoms with Crippen LogP contribution in [0.2, 0.25) is 0 Å². The van der Waals surface area contributed by atoms with Gasteiger partial charge >= 0.3 is 0 Å². The highest BCUT2D eigenvalue weighted by molar-refractivity contribution is 5.76. The average molecular weight is 230 g/mol. The van der Waals surface area contributed by atoms with Gasteiger partial charge in [0.25, 0.3) is 0 Å². The molecule has 0 aliphatic carbocycles. The summed E-state index contributed by atoms with van der Waals surface area (Å²) in [7, 11) is 0. The molecule has 0 aromatic heterocycles. The molecule has 3 nitrogen and oxygen atoms in total. The lowest BCUT2D eigenvalue weighted by atomic mass is 10.1. The Kier molecular flexibility index (Phi) is 2.54. The van der Waals surface area contributed by atoms with Gasteiger partial charge in [0.05, 0.1) is 6.04 Å². The van der Waals surface area contributed by atoms with Crippen molar-refractivity contribution in [3.8, 4) is 0 Å². The van der Waals surface area contributed by atoms with E-state index in [0.717, 1.165) is 26.1 Å². The topological polar surface area (TPSA) is 23.6 Å². The number of benzene rings is 1. The van der Waals surface area contributed by atoms with E-state index >= 15 is 0 Å². The van der Waals surface area contributed by atoms with Gasteiger partial charge in [-0.2, -0.15) is 0 Å². The molecule has 3 heteroatoms. The first kappa shape index (κ1) is 10.6. The molecule has 0 N–H and O–H groups in total. The highest BCUT2D eigenvalue weighted by Crippen LogP contribution is 2.33. The van der Waals surface area contributed by atoms with Crippen molar-refractivity contribution in [2.45, 2.75) is 25.8 Å². The lowest BCUT2D eigenvalue weighted by molar-refractivity contribution is -0.131. The number of para-hydroxylation sites is 1. The first-order chi connectivity index (χ1) is 8.29. The molecule has 17 heavy (non-hydrogen) atoms. The number of hydrogen-bond acceptors (Lipinski definition) is 2. The van der Waals surface area contributed by atoms with Gasteiger partial charge < -0.3 is 9.80 Å². The number of fused-ring (bicyclic) bond motifs is 3. The zero-order valence-electron chi connectivity index (χ0n) is 10.2. The van der Waals surface area contributed by atoms with Crippen LogP contribution in [0, 0.1) is 0 Å². The number of piperazine rings is 1. The van der Waals surface area contributed by atoms with Crippen molar-refractivity contribution in [3.05, 3.63) is 29.8 Å². The lowest BCUT2D eigenvalue weighted by Gasteiger charge is -2.39. The summed E-state index contributed by atoms with van der Waals surface area (Å²) < 4.78 is 0. The van der Waals surface area contributed by atoms with Crippen LogP contribution in [0.4, 0.5) is 5.69 Å². The second-order valence-corrected chi connectivity index (χ2v) is 4.87. The first-order valence-electron chi connectivity index (χ1n) is 6.42. The monoisotopic (exact) mass is 230 g/mol. The van der Waals surface area contributed by atoms with Crippen molar-refractivity contribution in [2.75, 3.05) is 24.5 Å². The van der Waals surface area contributed by atoms with Gasteiger partial charge in [0.1, 0.15) is 0 Å². The Balaban J connectivity index is 1.79. The zero-order chi connectivity index (χ0) is 11.8. The number of carbonyl (C=O) groups is 1. The molecule has 3 rings (SSSR count). The van der Waals surface area contributed by atoms with Crippen molar-refractivity contribution < 1.29 is 4.79 Å². The molecule has 1 aromatic rings. The Bertz CT molecular complexity index is 444. The molecule has 1 saturated heterocycles. The van der Waals surface area contributed by atoms with Gasteiger partial charge in [-0.1, -0.05) is 25.1 Å². The molecule has 0 bridgehead atoms. The third kappa shape index (κ3) is 1.70. The lowest BCUT2D eigenvalue weighted by Crippen LogP contribution is -2.53. The molecule has 2 aliphatic heterocycles. The van der Waals surface area contributed by atoms with E-state index in [9.17, 15) is 4.79 Å². The van der Waals surface area contributed by atoms with Crippen LogP contribution in [-0.2, 0) is 11.2 Å². The van der Waals surface area contributed by atoms with E-state index < -0.39 is 0 Å². The van der Waals surface area contributed by atoms with Crippen LogP contribution in [0.1, 0.15) is 18.9 Å². The standard InChI is InChI=1S/C14H18N2O/c1-2-14(17)15-7-8-16-12(10-15)9-11-5-3-4-6-13(11)16/h3-6,12H,2,7-10H2,1H3. The minimum Gasteiger partial charge on any atom is -0.364 e. The zero-order valence-corrected chi connectivity index (χ0v) is 10.2. The first-order valence-corrected chi connectivity index (χ1v) is 6.42. The smallest absolute Gasteiger partial charge is 0.222 e. The van der Waals surface area contributed by atoms with Gasteiger partial charge in [-0.05, 0) is 18.1 Å². The number of rotatable bonds is 1. The largest absolute Gasteiger partial charge is 0.364 e. The Morgan fingerprint density at radius 1 is 1.35 bits per heavy atom. The molecular weight excluding hydrogens is 212 g/mol. The summed E-state index contributed by atoms with van der Waals surface area (Å²) in [5, 5.41) is 0. The predicted octanol–water partition coefficient (Wildman–Crippen LogP) is 1.67. The summed E-state index contributed by atoms with van der Waals surface area (Å²) in [5.74, 6) is 0.292. The van der Waals surface area contributed by atoms with E-state index in [2.05, 4.69) is 29.2 Å². The van der Waals surface area contributed by atoms with E-state index in [1.165, 1.54) is 11.3 Å². The normalized spacial score (nSPS) is 22.3. The predicted molar refractivity (Wildman–Crippen MR) is 68.2 cm³/mol. The average Bonchev–Trinajstić information content (AvgIpc) is 2.75. The van der Waals surface area contributed by atoms with Gasteiger partial charge in [-0.15, -0.1) is 0 Å². The fourth-order valence-corrected chi connectivity index (χ4v) is 3.01. The highest BCUT2D eigenvalue weighted by Gasteiger charge is 2.34. The maximum atomic E-state index is 11.7. The molecule has 1 aromatic carbocycles. The van der Waals surface area contributed by atoms with Gasteiger partial charge in [0.2, 0.25) is 5.91 Å². The van der Waals surface area contributed by atoms with E-state index in [4.69, 9.17) is 0 Å². The van der Waals surface area contributed by atoms with Crippen molar-refractivity contribution in [1.82, 2.24) is 4.90 Å². The molecule has 1 amide bonds. The van der Waals surface area contributed by atoms with Gasteiger partial charge in [0, 0.05) is 31.7 Å². The number of carbonyl (C=O) groups excluding carboxylic acids is 1. The van der Waals surface area contributed by atoms with E-state index in [1.54, 1.807) is 0 Å². The fourth-order valence-electron chi connectivity index (χ4n) is 3.01. The van der Waals surface area contributed by atoms with Crippen molar-refractivity contribution in [2.24, 2.45) is 0 Å². The van der Waals surface area contributed by atoms with Crippen LogP contribution in [0.15, 0.2) is 24.3 Å². The summed E-state index contributed by atoms with van der Waals surface area (Å²) in [6, 6.07) is 9.11. The second kappa shape index (κ2) is 4.06. The van der Waals surface area contributed by atoms with Crippen LogP contribution in [0.5, 0.6) is 0 Å². The fraction of sp³-hybridized carbons (Fsp3) is 0.500. The van der Waals surface area contributed by atoms with Crippen molar-refractivity contribution in [3.63, 3.8) is 0 Å². The summed E-state index contributed by atoms with van der Waals surface area (Å²) in [4.78, 5) is 16.2. The van der Waals surface area contributed by atoms with Crippen LogP contribution in [0.3, 0.4) is 0 Å². The van der Waals surface area contributed by atoms with Crippen LogP contribution in [0.25, 0.3) is 0 Å². The van der Waals surface area contributed by atoms with Crippen LogP contribution in [-0.4, -0.2) is 36.5 Å². The van der Waals surface area contributed by atoms with E-state index in [1.807, 2.05) is 11.8 Å². The molecule has 2 aliphatic rings. The number of hydrogen-bond donors (Lipinski definition) is 0. The minimum atomic E-state index is 0.292. The molecule has 2 heterocycles. The van der Waals surface area contributed by atoms with Crippen LogP contribution >= 0.6 is 0 Å². The Morgan fingerprint density at radius 2 is 2.18 bits per heavy atom. The molecule has 1 fully saturated rings. The van der Waals surface area contributed by atoms with Crippen LogP contribution < -0.4 is 4.90 Å². The molecule has 0 radical (unpaired) electrons.